The van der Waals surface area contributed by atoms with Gasteiger partial charge in [-0.25, -0.2) is 4.98 Å². The van der Waals surface area contributed by atoms with Crippen LogP contribution in [-0.2, 0) is 12.0 Å². The number of nitrogens with two attached hydrogens (primary N) is 1. The van der Waals surface area contributed by atoms with Gasteiger partial charge in [0.05, 0.1) is 10.9 Å². The summed E-state index contributed by atoms with van der Waals surface area (Å²) in [7, 11) is 0. The van der Waals surface area contributed by atoms with E-state index in [9.17, 15) is 4.79 Å². The van der Waals surface area contributed by atoms with E-state index in [1.807, 2.05) is 24.5 Å². The molecular formula is C19H25N3O. The molecule has 122 valence electrons. The van der Waals surface area contributed by atoms with Gasteiger partial charge in [-0.3, -0.25) is 9.36 Å². The van der Waals surface area contributed by atoms with Crippen LogP contribution >= 0.6 is 0 Å². The van der Waals surface area contributed by atoms with Crippen molar-refractivity contribution in [1.29, 1.82) is 0 Å². The summed E-state index contributed by atoms with van der Waals surface area (Å²) in [5.41, 5.74) is 9.32. The monoisotopic (exact) mass is 311 g/mol. The zero-order valence-corrected chi connectivity index (χ0v) is 14.1. The lowest BCUT2D eigenvalue weighted by atomic mass is 9.72. The molecule has 1 aromatic carbocycles. The van der Waals surface area contributed by atoms with Gasteiger partial charge in [0.25, 0.3) is 5.56 Å². The highest BCUT2D eigenvalue weighted by Gasteiger charge is 2.42. The molecule has 0 amide bonds. The van der Waals surface area contributed by atoms with Crippen LogP contribution in [0.4, 0.5) is 0 Å². The first-order chi connectivity index (χ1) is 11.0. The normalized spacial score (nSPS) is 20.8. The van der Waals surface area contributed by atoms with E-state index in [0.717, 1.165) is 40.8 Å². The first-order valence-electron chi connectivity index (χ1n) is 8.83. The number of hydrogen-bond donors (Lipinski definition) is 1. The van der Waals surface area contributed by atoms with Crippen LogP contribution in [0.3, 0.4) is 0 Å². The summed E-state index contributed by atoms with van der Waals surface area (Å²) < 4.78 is 1.94. The molecule has 1 fully saturated rings. The Labute approximate surface area is 136 Å². The van der Waals surface area contributed by atoms with Crippen LogP contribution in [0.15, 0.2) is 16.9 Å². The summed E-state index contributed by atoms with van der Waals surface area (Å²) in [6, 6.07) is 3.94. The molecule has 23 heavy (non-hydrogen) atoms. The summed E-state index contributed by atoms with van der Waals surface area (Å²) in [4.78, 5) is 18.1. The van der Waals surface area contributed by atoms with Gasteiger partial charge in [-0.05, 0) is 50.3 Å². The smallest absolute Gasteiger partial charge is 0.261 e. The quantitative estimate of drug-likeness (QED) is 0.878. The van der Waals surface area contributed by atoms with E-state index in [0.29, 0.717) is 0 Å². The Hall–Kier alpha value is -1.68. The summed E-state index contributed by atoms with van der Waals surface area (Å²) in [5.74, 6) is 1.03. The third kappa shape index (κ3) is 2.15. The van der Waals surface area contributed by atoms with Crippen LogP contribution in [0.2, 0.25) is 0 Å². The molecule has 2 heterocycles. The van der Waals surface area contributed by atoms with Gasteiger partial charge in [0.15, 0.2) is 0 Å². The highest BCUT2D eigenvalue weighted by Crippen LogP contribution is 2.45. The van der Waals surface area contributed by atoms with E-state index in [4.69, 9.17) is 10.7 Å². The number of benzene rings is 1. The van der Waals surface area contributed by atoms with Crippen LogP contribution < -0.4 is 11.3 Å². The zero-order valence-electron chi connectivity index (χ0n) is 14.1. The van der Waals surface area contributed by atoms with Crippen molar-refractivity contribution in [1.82, 2.24) is 9.55 Å². The molecule has 1 spiro atoms. The highest BCUT2D eigenvalue weighted by molar-refractivity contribution is 5.82. The Morgan fingerprint density at radius 2 is 1.96 bits per heavy atom. The van der Waals surface area contributed by atoms with Crippen LogP contribution in [0.25, 0.3) is 10.9 Å². The maximum absolute atomic E-state index is 13.1. The predicted octanol–water partition coefficient (Wildman–Crippen LogP) is 3.33. The van der Waals surface area contributed by atoms with Crippen LogP contribution in [0, 0.1) is 6.92 Å². The molecule has 1 atom stereocenters. The van der Waals surface area contributed by atoms with Crippen molar-refractivity contribution in [2.45, 2.75) is 70.4 Å². The Balaban J connectivity index is 2.03. The molecule has 1 aromatic heterocycles. The summed E-state index contributed by atoms with van der Waals surface area (Å²) >= 11 is 0. The average molecular weight is 311 g/mol. The Kier molecular flexibility index (Phi) is 3.34. The molecule has 4 heteroatoms. The molecule has 2 N–H and O–H groups in total. The van der Waals surface area contributed by atoms with E-state index in [1.54, 1.807) is 0 Å². The van der Waals surface area contributed by atoms with Crippen molar-refractivity contribution in [3.63, 3.8) is 0 Å². The molecule has 4 nitrogen and oxygen atoms in total. The number of fused-ring (bicyclic) bond motifs is 3. The second kappa shape index (κ2) is 5.17. The summed E-state index contributed by atoms with van der Waals surface area (Å²) in [6.07, 6.45) is 7.22. The third-order valence-electron chi connectivity index (χ3n) is 5.82. The minimum atomic E-state index is -0.115. The number of aromatic nitrogens is 2. The van der Waals surface area contributed by atoms with Gasteiger partial charge in [0.1, 0.15) is 5.82 Å². The number of rotatable bonds is 1. The Morgan fingerprint density at radius 1 is 1.22 bits per heavy atom. The Morgan fingerprint density at radius 3 is 2.65 bits per heavy atom. The topological polar surface area (TPSA) is 60.9 Å². The zero-order chi connectivity index (χ0) is 16.2. The lowest BCUT2D eigenvalue weighted by Gasteiger charge is -2.32. The van der Waals surface area contributed by atoms with Gasteiger partial charge in [-0.1, -0.05) is 25.3 Å². The average Bonchev–Trinajstić information content (AvgIpc) is 2.87. The van der Waals surface area contributed by atoms with E-state index < -0.39 is 0 Å². The van der Waals surface area contributed by atoms with E-state index >= 15 is 0 Å². The number of hydrogen-bond acceptors (Lipinski definition) is 3. The van der Waals surface area contributed by atoms with Crippen LogP contribution in [0.1, 0.15) is 68.4 Å². The first-order valence-corrected chi connectivity index (χ1v) is 8.83. The molecule has 1 saturated carbocycles. The molecule has 2 aliphatic rings. The van der Waals surface area contributed by atoms with Gasteiger partial charge in [0, 0.05) is 18.0 Å². The van der Waals surface area contributed by atoms with Crippen molar-refractivity contribution >= 4 is 10.9 Å². The second-order valence-electron chi connectivity index (χ2n) is 7.52. The SMILES string of the molecule is Cc1cc(C(C)N)c2nc3n(c(=O)c2c1)CCC31CCCCC1. The fraction of sp³-hybridized carbons (Fsp3) is 0.579. The summed E-state index contributed by atoms with van der Waals surface area (Å²) in [6.45, 7) is 4.81. The van der Waals surface area contributed by atoms with Gasteiger partial charge in [-0.2, -0.15) is 0 Å². The standard InChI is InChI=1S/C19H25N3O/c1-12-10-14(13(2)20)16-15(11-12)17(23)22-9-8-19(18(22)21-16)6-4-3-5-7-19/h10-11,13H,3-9,20H2,1-2H3. The van der Waals surface area contributed by atoms with Crippen molar-refractivity contribution in [2.24, 2.45) is 5.73 Å². The molecule has 2 aromatic rings. The van der Waals surface area contributed by atoms with Gasteiger partial charge >= 0.3 is 0 Å². The minimum Gasteiger partial charge on any atom is -0.324 e. The molecule has 0 saturated heterocycles. The number of nitrogens with zero attached hydrogens (tertiary/aromatic N) is 2. The Bertz CT molecular complexity index is 829. The molecule has 0 bridgehead atoms. The fourth-order valence-electron chi connectivity index (χ4n) is 4.60. The molecule has 1 aliphatic heterocycles. The maximum Gasteiger partial charge on any atom is 0.261 e. The molecule has 4 rings (SSSR count). The van der Waals surface area contributed by atoms with Gasteiger partial charge < -0.3 is 5.73 Å². The van der Waals surface area contributed by atoms with Gasteiger partial charge in [-0.15, -0.1) is 0 Å². The molecule has 0 radical (unpaired) electrons. The number of aryl methyl sites for hydroxylation is 1. The maximum atomic E-state index is 13.1. The van der Waals surface area contributed by atoms with Crippen molar-refractivity contribution in [3.8, 4) is 0 Å². The molecule has 1 unspecified atom stereocenters. The summed E-state index contributed by atoms with van der Waals surface area (Å²) in [5, 5.41) is 0.730. The highest BCUT2D eigenvalue weighted by atomic mass is 16.1. The fourth-order valence-corrected chi connectivity index (χ4v) is 4.60. The predicted molar refractivity (Wildman–Crippen MR) is 92.7 cm³/mol. The van der Waals surface area contributed by atoms with Crippen molar-refractivity contribution < 1.29 is 0 Å². The molecule has 1 aliphatic carbocycles. The first kappa shape index (κ1) is 14.9. The largest absolute Gasteiger partial charge is 0.324 e. The lowest BCUT2D eigenvalue weighted by molar-refractivity contribution is 0.286. The van der Waals surface area contributed by atoms with E-state index in [1.165, 1.54) is 32.1 Å². The lowest BCUT2D eigenvalue weighted by Crippen LogP contribution is -2.31. The van der Waals surface area contributed by atoms with Crippen molar-refractivity contribution in [3.05, 3.63) is 39.4 Å². The second-order valence-corrected chi connectivity index (χ2v) is 7.52. The van der Waals surface area contributed by atoms with Gasteiger partial charge in [0.2, 0.25) is 0 Å². The van der Waals surface area contributed by atoms with Crippen LogP contribution in [-0.4, -0.2) is 9.55 Å². The van der Waals surface area contributed by atoms with E-state index in [2.05, 4.69) is 6.07 Å². The van der Waals surface area contributed by atoms with Crippen LogP contribution in [0.5, 0.6) is 0 Å². The minimum absolute atomic E-state index is 0.115. The molecular weight excluding hydrogens is 286 g/mol. The third-order valence-corrected chi connectivity index (χ3v) is 5.82. The van der Waals surface area contributed by atoms with Crippen molar-refractivity contribution in [2.75, 3.05) is 0 Å². The van der Waals surface area contributed by atoms with E-state index in [-0.39, 0.29) is 17.0 Å².